The third-order valence-corrected chi connectivity index (χ3v) is 3.64. The van der Waals surface area contributed by atoms with E-state index in [0.29, 0.717) is 6.54 Å². The number of carbonyl (C=O) groups excluding carboxylic acids is 1. The standard InChI is InChI=1S/C18H22F2N4O3/c1-23(13-17(25)24(9-3-7-21)10-4-8-22)12-14-5-6-15(27-18(19)20)16(11-14)26-2/h5-6,11,18H,3-4,9-10,12-13H2,1-2H3. The number of carbonyl (C=O) groups is 1. The molecule has 0 N–H and O–H groups in total. The molecule has 0 saturated heterocycles. The molecule has 0 aliphatic carbocycles. The van der Waals surface area contributed by atoms with Crippen molar-refractivity contribution in [2.75, 3.05) is 33.8 Å². The van der Waals surface area contributed by atoms with Crippen molar-refractivity contribution in [3.63, 3.8) is 0 Å². The topological polar surface area (TPSA) is 89.6 Å². The van der Waals surface area contributed by atoms with Crippen molar-refractivity contribution in [3.8, 4) is 23.6 Å². The molecule has 0 fully saturated rings. The molecular formula is C18H22F2N4O3. The molecule has 0 saturated carbocycles. The van der Waals surface area contributed by atoms with Crippen molar-refractivity contribution in [3.05, 3.63) is 23.8 Å². The molecular weight excluding hydrogens is 358 g/mol. The third-order valence-electron chi connectivity index (χ3n) is 3.64. The number of alkyl halides is 2. The predicted molar refractivity (Wildman–Crippen MR) is 93.0 cm³/mol. The number of likely N-dealkylation sites (N-methyl/N-ethyl adjacent to an activating group) is 1. The van der Waals surface area contributed by atoms with E-state index in [0.717, 1.165) is 5.56 Å². The van der Waals surface area contributed by atoms with Gasteiger partial charge in [0.2, 0.25) is 5.91 Å². The largest absolute Gasteiger partial charge is 0.493 e. The van der Waals surface area contributed by atoms with E-state index in [4.69, 9.17) is 15.3 Å². The van der Waals surface area contributed by atoms with Crippen LogP contribution in [-0.2, 0) is 11.3 Å². The van der Waals surface area contributed by atoms with Crippen LogP contribution in [-0.4, -0.2) is 56.1 Å². The fraction of sp³-hybridized carbons (Fsp3) is 0.500. The van der Waals surface area contributed by atoms with Crippen LogP contribution in [0.2, 0.25) is 0 Å². The van der Waals surface area contributed by atoms with Gasteiger partial charge in [0.15, 0.2) is 11.5 Å². The van der Waals surface area contributed by atoms with Crippen molar-refractivity contribution >= 4 is 5.91 Å². The minimum absolute atomic E-state index is 0.0610. The van der Waals surface area contributed by atoms with Crippen molar-refractivity contribution in [2.24, 2.45) is 0 Å². The van der Waals surface area contributed by atoms with E-state index in [9.17, 15) is 13.6 Å². The van der Waals surface area contributed by atoms with Crippen molar-refractivity contribution in [2.45, 2.75) is 26.0 Å². The van der Waals surface area contributed by atoms with Crippen LogP contribution in [0.1, 0.15) is 18.4 Å². The molecule has 0 aliphatic rings. The first-order chi connectivity index (χ1) is 12.9. The maximum atomic E-state index is 12.4. The lowest BCUT2D eigenvalue weighted by atomic mass is 10.2. The zero-order valence-electron chi connectivity index (χ0n) is 15.3. The van der Waals surface area contributed by atoms with Gasteiger partial charge in [-0.05, 0) is 24.7 Å². The van der Waals surface area contributed by atoms with Crippen molar-refractivity contribution in [1.82, 2.24) is 9.80 Å². The van der Waals surface area contributed by atoms with Gasteiger partial charge in [0.05, 0.1) is 38.6 Å². The van der Waals surface area contributed by atoms with Gasteiger partial charge in [-0.2, -0.15) is 19.3 Å². The molecule has 1 rings (SSSR count). The van der Waals surface area contributed by atoms with E-state index in [-0.39, 0.29) is 49.9 Å². The van der Waals surface area contributed by atoms with E-state index in [1.54, 1.807) is 24.1 Å². The molecule has 27 heavy (non-hydrogen) atoms. The summed E-state index contributed by atoms with van der Waals surface area (Å²) < 4.78 is 34.2. The molecule has 0 aromatic heterocycles. The smallest absolute Gasteiger partial charge is 0.387 e. The Bertz CT molecular complexity index is 683. The second-order valence-electron chi connectivity index (χ2n) is 5.73. The van der Waals surface area contributed by atoms with Gasteiger partial charge in [-0.15, -0.1) is 0 Å². The molecule has 0 radical (unpaired) electrons. The van der Waals surface area contributed by atoms with Gasteiger partial charge in [0.1, 0.15) is 0 Å². The van der Waals surface area contributed by atoms with Gasteiger partial charge in [-0.1, -0.05) is 6.07 Å². The van der Waals surface area contributed by atoms with Gasteiger partial charge in [0.25, 0.3) is 0 Å². The lowest BCUT2D eigenvalue weighted by molar-refractivity contribution is -0.132. The Morgan fingerprint density at radius 2 is 1.81 bits per heavy atom. The van der Waals surface area contributed by atoms with Crippen LogP contribution in [0.25, 0.3) is 0 Å². The van der Waals surface area contributed by atoms with Crippen molar-refractivity contribution < 1.29 is 23.0 Å². The first kappa shape index (κ1) is 22.1. The molecule has 7 nitrogen and oxygen atoms in total. The molecule has 0 aliphatic heterocycles. The lowest BCUT2D eigenvalue weighted by Crippen LogP contribution is -2.39. The highest BCUT2D eigenvalue weighted by atomic mass is 19.3. The minimum atomic E-state index is -2.95. The number of hydrogen-bond donors (Lipinski definition) is 0. The number of rotatable bonds is 11. The number of benzene rings is 1. The van der Waals surface area contributed by atoms with Crippen molar-refractivity contribution in [1.29, 1.82) is 10.5 Å². The van der Waals surface area contributed by atoms with Gasteiger partial charge < -0.3 is 14.4 Å². The lowest BCUT2D eigenvalue weighted by Gasteiger charge is -2.24. The highest BCUT2D eigenvalue weighted by Crippen LogP contribution is 2.29. The van der Waals surface area contributed by atoms with Crippen LogP contribution in [0, 0.1) is 22.7 Å². The van der Waals surface area contributed by atoms with E-state index >= 15 is 0 Å². The average Bonchev–Trinajstić information content (AvgIpc) is 2.62. The normalized spacial score (nSPS) is 10.4. The zero-order valence-corrected chi connectivity index (χ0v) is 15.3. The molecule has 9 heteroatoms. The SMILES string of the molecule is COc1cc(CN(C)CC(=O)N(CCC#N)CCC#N)ccc1OC(F)F. The Kier molecular flexibility index (Phi) is 9.55. The first-order valence-electron chi connectivity index (χ1n) is 8.23. The Morgan fingerprint density at radius 3 is 2.33 bits per heavy atom. The van der Waals surface area contributed by atoms with Gasteiger partial charge in [-0.3, -0.25) is 9.69 Å². The second kappa shape index (κ2) is 11.7. The number of halogens is 2. The Labute approximate surface area is 157 Å². The summed E-state index contributed by atoms with van der Waals surface area (Å²) in [5.74, 6) is -0.0704. The maximum Gasteiger partial charge on any atom is 0.387 e. The summed E-state index contributed by atoms with van der Waals surface area (Å²) in [6.45, 7) is -1.93. The Morgan fingerprint density at radius 1 is 1.19 bits per heavy atom. The number of ether oxygens (including phenoxy) is 2. The van der Waals surface area contributed by atoms with Crippen LogP contribution in [0.3, 0.4) is 0 Å². The van der Waals surface area contributed by atoms with Crippen LogP contribution < -0.4 is 9.47 Å². The Balaban J connectivity index is 2.71. The van der Waals surface area contributed by atoms with E-state index < -0.39 is 6.61 Å². The molecule has 0 spiro atoms. The highest BCUT2D eigenvalue weighted by molar-refractivity contribution is 5.78. The predicted octanol–water partition coefficient (Wildman–Crippen LogP) is 2.38. The number of amides is 1. The molecule has 0 bridgehead atoms. The van der Waals surface area contributed by atoms with Gasteiger partial charge >= 0.3 is 6.61 Å². The molecule has 1 aromatic carbocycles. The summed E-state index contributed by atoms with van der Waals surface area (Å²) >= 11 is 0. The number of methoxy groups -OCH3 is 1. The molecule has 0 heterocycles. The molecule has 1 amide bonds. The summed E-state index contributed by atoms with van der Waals surface area (Å²) in [5.41, 5.74) is 0.754. The second-order valence-corrected chi connectivity index (χ2v) is 5.73. The van der Waals surface area contributed by atoms with Crippen LogP contribution in [0.15, 0.2) is 18.2 Å². The summed E-state index contributed by atoms with van der Waals surface area (Å²) in [4.78, 5) is 15.6. The summed E-state index contributed by atoms with van der Waals surface area (Å²) in [5, 5.41) is 17.4. The Hall–Kier alpha value is -2.91. The number of nitrogens with zero attached hydrogens (tertiary/aromatic N) is 4. The fourth-order valence-corrected chi connectivity index (χ4v) is 2.43. The zero-order chi connectivity index (χ0) is 20.2. The minimum Gasteiger partial charge on any atom is -0.493 e. The van der Waals surface area contributed by atoms with Crippen LogP contribution >= 0.6 is 0 Å². The van der Waals surface area contributed by atoms with Crippen LogP contribution in [0.4, 0.5) is 8.78 Å². The monoisotopic (exact) mass is 380 g/mol. The molecule has 146 valence electrons. The third kappa shape index (κ3) is 7.89. The summed E-state index contributed by atoms with van der Waals surface area (Å²) in [6.07, 6.45) is 0.396. The van der Waals surface area contributed by atoms with E-state index in [1.165, 1.54) is 18.1 Å². The number of nitriles is 2. The quantitative estimate of drug-likeness (QED) is 0.586. The van der Waals surface area contributed by atoms with Gasteiger partial charge in [-0.25, -0.2) is 0 Å². The fourth-order valence-electron chi connectivity index (χ4n) is 2.43. The van der Waals surface area contributed by atoms with Crippen LogP contribution in [0.5, 0.6) is 11.5 Å². The molecule has 1 aromatic rings. The van der Waals surface area contributed by atoms with E-state index in [2.05, 4.69) is 4.74 Å². The summed E-state index contributed by atoms with van der Waals surface area (Å²) in [6, 6.07) is 8.55. The van der Waals surface area contributed by atoms with Gasteiger partial charge in [0, 0.05) is 19.6 Å². The van der Waals surface area contributed by atoms with E-state index in [1.807, 2.05) is 12.1 Å². The number of hydrogen-bond acceptors (Lipinski definition) is 6. The highest BCUT2D eigenvalue weighted by Gasteiger charge is 2.16. The summed E-state index contributed by atoms with van der Waals surface area (Å²) in [7, 11) is 3.09. The average molecular weight is 380 g/mol. The maximum absolute atomic E-state index is 12.4. The molecule has 0 atom stereocenters. The first-order valence-corrected chi connectivity index (χ1v) is 8.23. The molecule has 0 unspecified atom stereocenters.